The van der Waals surface area contributed by atoms with E-state index in [9.17, 15) is 4.79 Å². The third kappa shape index (κ3) is 3.58. The van der Waals surface area contributed by atoms with Gasteiger partial charge in [0, 0.05) is 30.4 Å². The molecule has 0 aliphatic carbocycles. The average molecular weight is 356 g/mol. The molecule has 0 unspecified atom stereocenters. The van der Waals surface area contributed by atoms with Crippen molar-refractivity contribution < 1.29 is 4.79 Å². The molecular weight excluding hydrogens is 336 g/mol. The lowest BCUT2D eigenvalue weighted by Gasteiger charge is -2.13. The second kappa shape index (κ2) is 7.03. The van der Waals surface area contributed by atoms with Gasteiger partial charge in [-0.1, -0.05) is 35.9 Å². The molecule has 1 N–H and O–H groups in total. The van der Waals surface area contributed by atoms with Crippen molar-refractivity contribution >= 4 is 11.6 Å². The Labute approximate surface area is 157 Å². The maximum Gasteiger partial charge on any atom is 0.253 e. The van der Waals surface area contributed by atoms with Crippen molar-refractivity contribution in [2.75, 3.05) is 0 Å². The molecule has 4 aromatic rings. The Bertz CT molecular complexity index is 1080. The van der Waals surface area contributed by atoms with Crippen LogP contribution in [0, 0.1) is 6.92 Å². The fourth-order valence-corrected chi connectivity index (χ4v) is 2.98. The first-order valence-electron chi connectivity index (χ1n) is 8.87. The summed E-state index contributed by atoms with van der Waals surface area (Å²) < 4.78 is 1.89. The highest BCUT2D eigenvalue weighted by molar-refractivity contribution is 5.94. The molecule has 1 aromatic carbocycles. The molecule has 0 fully saturated rings. The molecule has 5 heteroatoms. The van der Waals surface area contributed by atoms with E-state index in [4.69, 9.17) is 0 Å². The van der Waals surface area contributed by atoms with Gasteiger partial charge in [-0.05, 0) is 37.6 Å². The molecule has 4 rings (SSSR count). The van der Waals surface area contributed by atoms with Crippen LogP contribution in [-0.2, 0) is 0 Å². The summed E-state index contributed by atoms with van der Waals surface area (Å²) in [5.74, 6) is -0.126. The SMILES string of the molecule is Cc1ccc(-c2cn3cc(C(=O)N[C@@H](C)c4cccnc4)ccc3n2)cc1. The minimum Gasteiger partial charge on any atom is -0.345 e. The molecule has 0 aliphatic heterocycles. The zero-order valence-corrected chi connectivity index (χ0v) is 15.3. The number of hydrogen-bond donors (Lipinski definition) is 1. The van der Waals surface area contributed by atoms with Crippen molar-refractivity contribution in [3.63, 3.8) is 0 Å². The van der Waals surface area contributed by atoms with Crippen LogP contribution in [0.2, 0.25) is 0 Å². The van der Waals surface area contributed by atoms with Crippen molar-refractivity contribution in [2.45, 2.75) is 19.9 Å². The van der Waals surface area contributed by atoms with Crippen LogP contribution in [-0.4, -0.2) is 20.3 Å². The van der Waals surface area contributed by atoms with Gasteiger partial charge in [-0.2, -0.15) is 0 Å². The van der Waals surface area contributed by atoms with E-state index in [0.717, 1.165) is 22.5 Å². The summed E-state index contributed by atoms with van der Waals surface area (Å²) in [7, 11) is 0. The Morgan fingerprint density at radius 2 is 1.89 bits per heavy atom. The molecule has 0 saturated carbocycles. The number of fused-ring (bicyclic) bond motifs is 1. The van der Waals surface area contributed by atoms with Crippen LogP contribution in [0.4, 0.5) is 0 Å². The van der Waals surface area contributed by atoms with Crippen molar-refractivity contribution in [3.8, 4) is 11.3 Å². The molecule has 0 aliphatic rings. The predicted molar refractivity (Wildman–Crippen MR) is 105 cm³/mol. The first kappa shape index (κ1) is 17.0. The number of rotatable bonds is 4. The van der Waals surface area contributed by atoms with Gasteiger partial charge in [-0.15, -0.1) is 0 Å². The Morgan fingerprint density at radius 3 is 2.63 bits per heavy atom. The van der Waals surface area contributed by atoms with E-state index in [1.54, 1.807) is 18.5 Å². The van der Waals surface area contributed by atoms with Gasteiger partial charge in [0.1, 0.15) is 5.65 Å². The molecule has 0 radical (unpaired) electrons. The van der Waals surface area contributed by atoms with E-state index in [0.29, 0.717) is 5.56 Å². The zero-order valence-electron chi connectivity index (χ0n) is 15.3. The number of benzene rings is 1. The fraction of sp³-hybridized carbons (Fsp3) is 0.136. The van der Waals surface area contributed by atoms with E-state index in [-0.39, 0.29) is 11.9 Å². The number of imidazole rings is 1. The van der Waals surface area contributed by atoms with Crippen LogP contribution in [0.15, 0.2) is 73.3 Å². The first-order valence-corrected chi connectivity index (χ1v) is 8.87. The number of nitrogens with one attached hydrogen (secondary N) is 1. The van der Waals surface area contributed by atoms with Crippen LogP contribution in [0.1, 0.15) is 34.5 Å². The Morgan fingerprint density at radius 1 is 1.07 bits per heavy atom. The molecular formula is C22H20N4O. The van der Waals surface area contributed by atoms with E-state index in [1.807, 2.05) is 41.9 Å². The minimum absolute atomic E-state index is 0.118. The van der Waals surface area contributed by atoms with Gasteiger partial charge in [-0.3, -0.25) is 9.78 Å². The molecule has 3 aromatic heterocycles. The summed E-state index contributed by atoms with van der Waals surface area (Å²) >= 11 is 0. The highest BCUT2D eigenvalue weighted by atomic mass is 16.1. The lowest BCUT2D eigenvalue weighted by atomic mass is 10.1. The fourth-order valence-electron chi connectivity index (χ4n) is 2.98. The molecule has 134 valence electrons. The Kier molecular flexibility index (Phi) is 4.42. The van der Waals surface area contributed by atoms with E-state index in [1.165, 1.54) is 5.56 Å². The number of carbonyl (C=O) groups is 1. The van der Waals surface area contributed by atoms with Crippen molar-refractivity contribution in [3.05, 3.63) is 90.0 Å². The van der Waals surface area contributed by atoms with Gasteiger partial charge in [0.25, 0.3) is 5.91 Å². The van der Waals surface area contributed by atoms with Crippen LogP contribution in [0.5, 0.6) is 0 Å². The summed E-state index contributed by atoms with van der Waals surface area (Å²) in [4.78, 5) is 21.4. The minimum atomic E-state index is -0.126. The quantitative estimate of drug-likeness (QED) is 0.596. The number of pyridine rings is 2. The normalized spacial score (nSPS) is 12.1. The third-order valence-electron chi connectivity index (χ3n) is 4.59. The largest absolute Gasteiger partial charge is 0.345 e. The molecule has 1 atom stereocenters. The topological polar surface area (TPSA) is 59.3 Å². The van der Waals surface area contributed by atoms with Gasteiger partial charge in [0.15, 0.2) is 0 Å². The summed E-state index contributed by atoms with van der Waals surface area (Å²) in [5.41, 5.74) is 5.52. The molecule has 27 heavy (non-hydrogen) atoms. The number of nitrogens with zero attached hydrogens (tertiary/aromatic N) is 3. The van der Waals surface area contributed by atoms with Gasteiger partial charge >= 0.3 is 0 Å². The Balaban J connectivity index is 1.57. The number of carbonyl (C=O) groups excluding carboxylic acids is 1. The lowest BCUT2D eigenvalue weighted by molar-refractivity contribution is 0.0939. The second-order valence-electron chi connectivity index (χ2n) is 6.66. The van der Waals surface area contributed by atoms with Crippen molar-refractivity contribution in [1.29, 1.82) is 0 Å². The van der Waals surface area contributed by atoms with Crippen LogP contribution in [0.3, 0.4) is 0 Å². The second-order valence-corrected chi connectivity index (χ2v) is 6.66. The third-order valence-corrected chi connectivity index (χ3v) is 4.59. The molecule has 5 nitrogen and oxygen atoms in total. The maximum atomic E-state index is 12.6. The highest BCUT2D eigenvalue weighted by Gasteiger charge is 2.13. The standard InChI is InChI=1S/C22H20N4O/c1-15-5-7-17(8-6-15)20-14-26-13-19(9-10-21(26)25-20)22(27)24-16(2)18-4-3-11-23-12-18/h3-14,16H,1-2H3,(H,24,27)/t16-/m0/s1. The Hall–Kier alpha value is -3.47. The number of hydrogen-bond acceptors (Lipinski definition) is 3. The monoisotopic (exact) mass is 356 g/mol. The first-order chi connectivity index (χ1) is 13.1. The number of amides is 1. The summed E-state index contributed by atoms with van der Waals surface area (Å²) in [6.45, 7) is 4.00. The van der Waals surface area contributed by atoms with Gasteiger partial charge in [0.05, 0.1) is 17.3 Å². The maximum absolute atomic E-state index is 12.6. The van der Waals surface area contributed by atoms with Gasteiger partial charge < -0.3 is 9.72 Å². The predicted octanol–water partition coefficient (Wildman–Crippen LogP) is 4.20. The summed E-state index contributed by atoms with van der Waals surface area (Å²) in [6, 6.07) is 15.6. The lowest BCUT2D eigenvalue weighted by Crippen LogP contribution is -2.26. The van der Waals surface area contributed by atoms with E-state index in [2.05, 4.69) is 46.5 Å². The molecule has 0 spiro atoms. The molecule has 3 heterocycles. The summed E-state index contributed by atoms with van der Waals surface area (Å²) in [6.07, 6.45) is 7.24. The van der Waals surface area contributed by atoms with Crippen molar-refractivity contribution in [1.82, 2.24) is 19.7 Å². The van der Waals surface area contributed by atoms with E-state index >= 15 is 0 Å². The summed E-state index contributed by atoms with van der Waals surface area (Å²) in [5, 5.41) is 3.01. The molecule has 1 amide bonds. The molecule has 0 bridgehead atoms. The van der Waals surface area contributed by atoms with Crippen LogP contribution < -0.4 is 5.32 Å². The zero-order chi connectivity index (χ0) is 18.8. The van der Waals surface area contributed by atoms with Gasteiger partial charge in [-0.25, -0.2) is 4.98 Å². The van der Waals surface area contributed by atoms with Crippen LogP contribution in [0.25, 0.3) is 16.9 Å². The van der Waals surface area contributed by atoms with E-state index < -0.39 is 0 Å². The van der Waals surface area contributed by atoms with Crippen molar-refractivity contribution in [2.24, 2.45) is 0 Å². The number of aryl methyl sites for hydroxylation is 1. The smallest absolute Gasteiger partial charge is 0.253 e. The van der Waals surface area contributed by atoms with Crippen LogP contribution >= 0.6 is 0 Å². The number of aromatic nitrogens is 3. The van der Waals surface area contributed by atoms with Gasteiger partial charge in [0.2, 0.25) is 0 Å². The average Bonchev–Trinajstić information content (AvgIpc) is 3.12. The molecule has 0 saturated heterocycles. The highest BCUT2D eigenvalue weighted by Crippen LogP contribution is 2.20.